The molecule has 0 atom stereocenters. The van der Waals surface area contributed by atoms with Crippen LogP contribution in [0, 0.1) is 12.7 Å². The summed E-state index contributed by atoms with van der Waals surface area (Å²) >= 11 is 0. The molecule has 1 rings (SSSR count). The van der Waals surface area contributed by atoms with Crippen LogP contribution < -0.4 is 6.15 Å². The molecule has 0 aliphatic rings. The Labute approximate surface area is 72.2 Å². The van der Waals surface area contributed by atoms with Gasteiger partial charge in [-0.15, -0.1) is 0 Å². The topological polar surface area (TPSA) is 47.9 Å². The molecule has 1 heterocycles. The summed E-state index contributed by atoms with van der Waals surface area (Å²) in [5.74, 6) is -0.979. The molecule has 0 fully saturated rings. The van der Waals surface area contributed by atoms with Crippen LogP contribution in [0.4, 0.5) is 17.6 Å². The standard InChI is InChI=1S/C7H5F4N.H3N/c1-4-6(7(9,10)11)2-5(8)3-12-4;/h2-3H,1H3;1H3. The molecule has 6 heteroatoms. The van der Waals surface area contributed by atoms with Gasteiger partial charge in [-0.3, -0.25) is 4.98 Å². The zero-order valence-corrected chi connectivity index (χ0v) is 6.82. The molecule has 0 saturated heterocycles. The smallest absolute Gasteiger partial charge is 0.344 e. The van der Waals surface area contributed by atoms with Crippen molar-refractivity contribution in [2.75, 3.05) is 0 Å². The number of pyridine rings is 1. The van der Waals surface area contributed by atoms with Crippen molar-refractivity contribution in [3.8, 4) is 0 Å². The number of nitrogens with zero attached hydrogens (tertiary/aromatic N) is 1. The average molecular weight is 196 g/mol. The largest absolute Gasteiger partial charge is 0.418 e. The van der Waals surface area contributed by atoms with Crippen LogP contribution in [0.3, 0.4) is 0 Å². The molecule has 2 nitrogen and oxygen atoms in total. The highest BCUT2D eigenvalue weighted by atomic mass is 19.4. The van der Waals surface area contributed by atoms with E-state index in [1.165, 1.54) is 6.92 Å². The Morgan fingerprint density at radius 1 is 1.31 bits per heavy atom. The molecular formula is C7H8F4N2. The van der Waals surface area contributed by atoms with Crippen LogP contribution in [0.25, 0.3) is 0 Å². The van der Waals surface area contributed by atoms with E-state index in [1.54, 1.807) is 0 Å². The number of hydrogen-bond acceptors (Lipinski definition) is 2. The average Bonchev–Trinajstić information content (AvgIpc) is 1.92. The van der Waals surface area contributed by atoms with E-state index in [-0.39, 0.29) is 11.8 Å². The van der Waals surface area contributed by atoms with Crippen LogP contribution in [-0.4, -0.2) is 4.98 Å². The molecule has 0 saturated carbocycles. The summed E-state index contributed by atoms with van der Waals surface area (Å²) in [5.41, 5.74) is -1.24. The van der Waals surface area contributed by atoms with Gasteiger partial charge in [-0.05, 0) is 13.0 Å². The van der Waals surface area contributed by atoms with Crippen molar-refractivity contribution in [1.29, 1.82) is 0 Å². The van der Waals surface area contributed by atoms with Crippen molar-refractivity contribution in [2.24, 2.45) is 0 Å². The second-order valence-corrected chi connectivity index (χ2v) is 2.28. The highest BCUT2D eigenvalue weighted by Gasteiger charge is 2.33. The minimum Gasteiger partial charge on any atom is -0.344 e. The van der Waals surface area contributed by atoms with Gasteiger partial charge in [0.25, 0.3) is 0 Å². The lowest BCUT2D eigenvalue weighted by atomic mass is 10.2. The van der Waals surface area contributed by atoms with E-state index in [0.717, 1.165) is 6.20 Å². The van der Waals surface area contributed by atoms with Crippen molar-refractivity contribution in [3.05, 3.63) is 29.3 Å². The van der Waals surface area contributed by atoms with E-state index >= 15 is 0 Å². The Kier molecular flexibility index (Phi) is 3.36. The predicted octanol–water partition coefficient (Wildman–Crippen LogP) is 2.71. The third-order valence-electron chi connectivity index (χ3n) is 1.36. The van der Waals surface area contributed by atoms with Gasteiger partial charge in [0.15, 0.2) is 0 Å². The number of hydrogen-bond donors (Lipinski definition) is 1. The first-order valence-electron chi connectivity index (χ1n) is 3.10. The summed E-state index contributed by atoms with van der Waals surface area (Å²) in [4.78, 5) is 3.25. The van der Waals surface area contributed by atoms with E-state index in [2.05, 4.69) is 4.98 Å². The Hall–Kier alpha value is -1.17. The summed E-state index contributed by atoms with van der Waals surface area (Å²) in [6, 6.07) is 0.433. The number of aryl methyl sites for hydroxylation is 1. The van der Waals surface area contributed by atoms with Crippen LogP contribution in [0.1, 0.15) is 11.3 Å². The number of rotatable bonds is 0. The van der Waals surface area contributed by atoms with Crippen molar-refractivity contribution in [1.82, 2.24) is 11.1 Å². The highest BCUT2D eigenvalue weighted by molar-refractivity contribution is 5.22. The summed E-state index contributed by atoms with van der Waals surface area (Å²) in [5, 5.41) is 0. The lowest BCUT2D eigenvalue weighted by Crippen LogP contribution is -2.09. The number of aromatic nitrogens is 1. The van der Waals surface area contributed by atoms with Crippen LogP contribution in [0.2, 0.25) is 0 Å². The molecule has 74 valence electrons. The van der Waals surface area contributed by atoms with Crippen LogP contribution in [0.15, 0.2) is 12.3 Å². The summed E-state index contributed by atoms with van der Waals surface area (Å²) in [6.07, 6.45) is -3.77. The Morgan fingerprint density at radius 3 is 2.23 bits per heavy atom. The third-order valence-corrected chi connectivity index (χ3v) is 1.36. The fourth-order valence-corrected chi connectivity index (χ4v) is 0.795. The Bertz CT molecular complexity index is 295. The molecule has 0 aliphatic heterocycles. The van der Waals surface area contributed by atoms with E-state index in [4.69, 9.17) is 0 Å². The maximum Gasteiger partial charge on any atom is 0.418 e. The molecular weight excluding hydrogens is 188 g/mol. The molecule has 1 aromatic heterocycles. The van der Waals surface area contributed by atoms with Crippen LogP contribution >= 0.6 is 0 Å². The molecule has 0 unspecified atom stereocenters. The first-order chi connectivity index (χ1) is 5.41. The molecule has 1 aromatic rings. The van der Waals surface area contributed by atoms with Gasteiger partial charge in [-0.2, -0.15) is 13.2 Å². The van der Waals surface area contributed by atoms with Crippen LogP contribution in [0.5, 0.6) is 0 Å². The highest BCUT2D eigenvalue weighted by Crippen LogP contribution is 2.30. The van der Waals surface area contributed by atoms with Gasteiger partial charge < -0.3 is 6.15 Å². The van der Waals surface area contributed by atoms with Crippen molar-refractivity contribution >= 4 is 0 Å². The molecule has 0 aromatic carbocycles. The lowest BCUT2D eigenvalue weighted by Gasteiger charge is -2.08. The van der Waals surface area contributed by atoms with Gasteiger partial charge >= 0.3 is 6.18 Å². The van der Waals surface area contributed by atoms with Gasteiger partial charge in [0.2, 0.25) is 0 Å². The molecule has 3 N–H and O–H groups in total. The number of halogens is 4. The fourth-order valence-electron chi connectivity index (χ4n) is 0.795. The first-order valence-corrected chi connectivity index (χ1v) is 3.10. The quantitative estimate of drug-likeness (QED) is 0.648. The second kappa shape index (κ2) is 3.69. The van der Waals surface area contributed by atoms with Crippen LogP contribution in [-0.2, 0) is 6.18 Å². The Balaban J connectivity index is 0.00000144. The summed E-state index contributed by atoms with van der Waals surface area (Å²) < 4.78 is 48.4. The monoisotopic (exact) mass is 196 g/mol. The van der Waals surface area contributed by atoms with Gasteiger partial charge in [-0.1, -0.05) is 0 Å². The van der Waals surface area contributed by atoms with Gasteiger partial charge in [0.1, 0.15) is 5.82 Å². The zero-order valence-electron chi connectivity index (χ0n) is 6.82. The SMILES string of the molecule is Cc1ncc(F)cc1C(F)(F)F.N. The fraction of sp³-hybridized carbons (Fsp3) is 0.286. The van der Waals surface area contributed by atoms with Gasteiger partial charge in [0.05, 0.1) is 11.8 Å². The van der Waals surface area contributed by atoms with E-state index in [9.17, 15) is 17.6 Å². The molecule has 0 spiro atoms. The predicted molar refractivity (Wildman–Crippen MR) is 39.0 cm³/mol. The maximum absolute atomic E-state index is 12.3. The zero-order chi connectivity index (χ0) is 9.35. The third kappa shape index (κ3) is 2.66. The van der Waals surface area contributed by atoms with E-state index in [1.807, 2.05) is 0 Å². The second-order valence-electron chi connectivity index (χ2n) is 2.28. The van der Waals surface area contributed by atoms with Crippen molar-refractivity contribution in [2.45, 2.75) is 13.1 Å². The molecule has 0 amide bonds. The van der Waals surface area contributed by atoms with Gasteiger partial charge in [-0.25, -0.2) is 4.39 Å². The molecule has 13 heavy (non-hydrogen) atoms. The number of alkyl halides is 3. The lowest BCUT2D eigenvalue weighted by molar-refractivity contribution is -0.138. The molecule has 0 aliphatic carbocycles. The minimum absolute atomic E-state index is 0. The normalized spacial score (nSPS) is 10.8. The van der Waals surface area contributed by atoms with Crippen molar-refractivity contribution < 1.29 is 17.6 Å². The Morgan fingerprint density at radius 2 is 1.85 bits per heavy atom. The first kappa shape index (κ1) is 11.8. The van der Waals surface area contributed by atoms with E-state index < -0.39 is 17.6 Å². The molecule has 0 bridgehead atoms. The summed E-state index contributed by atoms with van der Waals surface area (Å²) in [7, 11) is 0. The minimum atomic E-state index is -4.53. The van der Waals surface area contributed by atoms with Gasteiger partial charge in [0, 0.05) is 5.69 Å². The van der Waals surface area contributed by atoms with Crippen molar-refractivity contribution in [3.63, 3.8) is 0 Å². The molecule has 0 radical (unpaired) electrons. The van der Waals surface area contributed by atoms with E-state index in [0.29, 0.717) is 6.07 Å². The summed E-state index contributed by atoms with van der Waals surface area (Å²) in [6.45, 7) is 1.18. The maximum atomic E-state index is 12.3.